The Labute approximate surface area is 122 Å². The van der Waals surface area contributed by atoms with E-state index in [1.807, 2.05) is 12.3 Å². The number of rotatable bonds is 3. The number of aromatic nitrogens is 1. The Bertz CT molecular complexity index is 473. The molecule has 4 fully saturated rings. The van der Waals surface area contributed by atoms with Crippen molar-refractivity contribution in [3.63, 3.8) is 0 Å². The van der Waals surface area contributed by atoms with Crippen molar-refractivity contribution in [2.24, 2.45) is 23.2 Å². The largest absolute Gasteiger partial charge is 0.367 e. The lowest BCUT2D eigenvalue weighted by molar-refractivity contribution is -0.0603. The number of pyridine rings is 1. The molecular weight excluding hydrogens is 244 g/mol. The maximum atomic E-state index is 4.53. The highest BCUT2D eigenvalue weighted by Gasteiger charge is 2.53. The molecule has 1 unspecified atom stereocenters. The molecule has 0 radical (unpaired) electrons. The summed E-state index contributed by atoms with van der Waals surface area (Å²) in [6, 6.07) is 4.74. The molecule has 1 aromatic rings. The molecule has 20 heavy (non-hydrogen) atoms. The van der Waals surface area contributed by atoms with Gasteiger partial charge < -0.3 is 5.32 Å². The normalized spacial score (nSPS) is 39.8. The number of aryl methyl sites for hydroxylation is 1. The minimum Gasteiger partial charge on any atom is -0.367 e. The summed E-state index contributed by atoms with van der Waals surface area (Å²) < 4.78 is 0. The molecule has 1 N–H and O–H groups in total. The Hall–Kier alpha value is -1.05. The van der Waals surface area contributed by atoms with Gasteiger partial charge in [0, 0.05) is 12.2 Å². The van der Waals surface area contributed by atoms with Gasteiger partial charge in [-0.05, 0) is 87.2 Å². The van der Waals surface area contributed by atoms with Gasteiger partial charge in [0.25, 0.3) is 0 Å². The maximum absolute atomic E-state index is 4.53. The average Bonchev–Trinajstić information content (AvgIpc) is 2.40. The van der Waals surface area contributed by atoms with Crippen LogP contribution in [0.1, 0.15) is 51.0 Å². The van der Waals surface area contributed by atoms with E-state index >= 15 is 0 Å². The van der Waals surface area contributed by atoms with Gasteiger partial charge in [0.05, 0.1) is 0 Å². The SMILES string of the molecule is Cc1cccnc1NC(C)C12CC3CC(CC(C3)C1)C2. The van der Waals surface area contributed by atoms with Gasteiger partial charge in [0.1, 0.15) is 5.82 Å². The molecule has 5 rings (SSSR count). The quantitative estimate of drug-likeness (QED) is 0.880. The molecule has 0 saturated heterocycles. The third-order valence-corrected chi connectivity index (χ3v) is 6.37. The van der Waals surface area contributed by atoms with Gasteiger partial charge in [0.2, 0.25) is 0 Å². The van der Waals surface area contributed by atoms with Crippen LogP contribution in [-0.2, 0) is 0 Å². The maximum Gasteiger partial charge on any atom is 0.129 e. The van der Waals surface area contributed by atoms with Gasteiger partial charge in [-0.2, -0.15) is 0 Å². The average molecular weight is 270 g/mol. The Morgan fingerprint density at radius 3 is 2.30 bits per heavy atom. The van der Waals surface area contributed by atoms with Gasteiger partial charge in [-0.1, -0.05) is 6.07 Å². The molecule has 108 valence electrons. The van der Waals surface area contributed by atoms with E-state index in [-0.39, 0.29) is 0 Å². The lowest BCUT2D eigenvalue weighted by Gasteiger charge is -2.59. The summed E-state index contributed by atoms with van der Waals surface area (Å²) in [5, 5.41) is 3.76. The zero-order valence-corrected chi connectivity index (χ0v) is 12.7. The second kappa shape index (κ2) is 4.47. The van der Waals surface area contributed by atoms with Gasteiger partial charge in [-0.3, -0.25) is 0 Å². The zero-order valence-electron chi connectivity index (χ0n) is 12.7. The van der Waals surface area contributed by atoms with Gasteiger partial charge >= 0.3 is 0 Å². The van der Waals surface area contributed by atoms with Crippen LogP contribution in [0.3, 0.4) is 0 Å². The smallest absolute Gasteiger partial charge is 0.129 e. The fourth-order valence-corrected chi connectivity index (χ4v) is 5.70. The fourth-order valence-electron chi connectivity index (χ4n) is 5.70. The zero-order chi connectivity index (χ0) is 13.7. The molecule has 2 heteroatoms. The lowest BCUT2D eigenvalue weighted by atomic mass is 9.48. The highest BCUT2D eigenvalue weighted by atomic mass is 15.0. The van der Waals surface area contributed by atoms with Crippen molar-refractivity contribution in [2.75, 3.05) is 5.32 Å². The summed E-state index contributed by atoms with van der Waals surface area (Å²) in [7, 11) is 0. The predicted molar refractivity (Wildman–Crippen MR) is 82.7 cm³/mol. The van der Waals surface area contributed by atoms with E-state index in [1.165, 1.54) is 44.1 Å². The highest BCUT2D eigenvalue weighted by molar-refractivity contribution is 5.44. The van der Waals surface area contributed by atoms with Crippen molar-refractivity contribution < 1.29 is 0 Å². The van der Waals surface area contributed by atoms with Crippen molar-refractivity contribution in [2.45, 2.75) is 58.4 Å². The van der Waals surface area contributed by atoms with E-state index in [2.05, 4.69) is 30.2 Å². The monoisotopic (exact) mass is 270 g/mol. The molecule has 1 aromatic heterocycles. The second-order valence-corrected chi connectivity index (χ2v) is 7.81. The van der Waals surface area contributed by atoms with Crippen molar-refractivity contribution in [1.29, 1.82) is 0 Å². The van der Waals surface area contributed by atoms with Crippen LogP contribution in [0.15, 0.2) is 18.3 Å². The van der Waals surface area contributed by atoms with Crippen molar-refractivity contribution in [3.8, 4) is 0 Å². The standard InChI is InChI=1S/C18H26N2/c1-12-4-3-5-19-17(12)20-13(2)18-9-14-6-15(10-18)8-16(7-14)11-18/h3-5,13-16H,6-11H2,1-2H3,(H,19,20). The summed E-state index contributed by atoms with van der Waals surface area (Å²) in [6.45, 7) is 4.56. The third-order valence-electron chi connectivity index (χ3n) is 6.37. The van der Waals surface area contributed by atoms with Crippen molar-refractivity contribution in [1.82, 2.24) is 4.98 Å². The van der Waals surface area contributed by atoms with Crippen LogP contribution in [-0.4, -0.2) is 11.0 Å². The first kappa shape index (κ1) is 12.7. The van der Waals surface area contributed by atoms with Crippen LogP contribution in [0.4, 0.5) is 5.82 Å². The molecule has 1 atom stereocenters. The van der Waals surface area contributed by atoms with Crippen LogP contribution in [0.5, 0.6) is 0 Å². The highest BCUT2D eigenvalue weighted by Crippen LogP contribution is 2.61. The number of anilines is 1. The van der Waals surface area contributed by atoms with E-state index in [1.54, 1.807) is 0 Å². The topological polar surface area (TPSA) is 24.9 Å². The fraction of sp³-hybridized carbons (Fsp3) is 0.722. The predicted octanol–water partition coefficient (Wildman–Crippen LogP) is 4.41. The van der Waals surface area contributed by atoms with Crippen LogP contribution < -0.4 is 5.32 Å². The molecule has 4 aliphatic rings. The summed E-state index contributed by atoms with van der Waals surface area (Å²) in [5.74, 6) is 4.16. The van der Waals surface area contributed by atoms with E-state index in [0.29, 0.717) is 11.5 Å². The molecule has 4 bridgehead atoms. The van der Waals surface area contributed by atoms with Crippen LogP contribution in [0.25, 0.3) is 0 Å². The first-order valence-corrected chi connectivity index (χ1v) is 8.33. The lowest BCUT2D eigenvalue weighted by Crippen LogP contribution is -2.53. The van der Waals surface area contributed by atoms with E-state index in [9.17, 15) is 0 Å². The number of hydrogen-bond donors (Lipinski definition) is 1. The van der Waals surface area contributed by atoms with Crippen LogP contribution in [0.2, 0.25) is 0 Å². The third kappa shape index (κ3) is 1.96. The van der Waals surface area contributed by atoms with Crippen molar-refractivity contribution >= 4 is 5.82 Å². The van der Waals surface area contributed by atoms with Crippen LogP contribution >= 0.6 is 0 Å². The van der Waals surface area contributed by atoms with Gasteiger partial charge in [-0.15, -0.1) is 0 Å². The van der Waals surface area contributed by atoms with E-state index in [4.69, 9.17) is 0 Å². The Kier molecular flexibility index (Phi) is 2.84. The van der Waals surface area contributed by atoms with Crippen molar-refractivity contribution in [3.05, 3.63) is 23.9 Å². The Morgan fingerprint density at radius 2 is 1.75 bits per heavy atom. The molecule has 2 nitrogen and oxygen atoms in total. The van der Waals surface area contributed by atoms with Gasteiger partial charge in [0.15, 0.2) is 0 Å². The minimum atomic E-state index is 0.554. The molecule has 4 saturated carbocycles. The minimum absolute atomic E-state index is 0.554. The first-order valence-electron chi connectivity index (χ1n) is 8.33. The first-order chi connectivity index (χ1) is 9.64. The Morgan fingerprint density at radius 1 is 1.15 bits per heavy atom. The molecule has 0 spiro atoms. The molecule has 0 aliphatic heterocycles. The van der Waals surface area contributed by atoms with E-state index in [0.717, 1.165) is 23.6 Å². The number of hydrogen-bond acceptors (Lipinski definition) is 2. The summed E-state index contributed by atoms with van der Waals surface area (Å²) >= 11 is 0. The number of nitrogens with one attached hydrogen (secondary N) is 1. The Balaban J connectivity index is 1.56. The molecular formula is C18H26N2. The second-order valence-electron chi connectivity index (χ2n) is 7.81. The molecule has 0 aromatic carbocycles. The van der Waals surface area contributed by atoms with E-state index < -0.39 is 0 Å². The van der Waals surface area contributed by atoms with Gasteiger partial charge in [-0.25, -0.2) is 4.98 Å². The molecule has 4 aliphatic carbocycles. The van der Waals surface area contributed by atoms with Crippen LogP contribution in [0, 0.1) is 30.1 Å². The molecule has 1 heterocycles. The summed E-state index contributed by atoms with van der Waals surface area (Å²) in [4.78, 5) is 4.53. The number of nitrogens with zero attached hydrogens (tertiary/aromatic N) is 1. The summed E-state index contributed by atoms with van der Waals surface area (Å²) in [5.41, 5.74) is 1.82. The summed E-state index contributed by atoms with van der Waals surface area (Å²) in [6.07, 6.45) is 10.8. The molecule has 0 amide bonds.